The summed E-state index contributed by atoms with van der Waals surface area (Å²) in [5.41, 5.74) is 0.659. The van der Waals surface area contributed by atoms with Gasteiger partial charge in [0.15, 0.2) is 0 Å². The quantitative estimate of drug-likeness (QED) is 0.236. The molecule has 3 heterocycles. The van der Waals surface area contributed by atoms with Gasteiger partial charge >= 0.3 is 0 Å². The van der Waals surface area contributed by atoms with Crippen LogP contribution in [0.25, 0.3) is 0 Å². The number of nitrogens with zero attached hydrogens (tertiary/aromatic N) is 2. The number of fused-ring (bicyclic) bond motifs is 4. The zero-order valence-electron chi connectivity index (χ0n) is 25.9. The lowest BCUT2D eigenvalue weighted by atomic mass is 9.99. The van der Waals surface area contributed by atoms with Crippen molar-refractivity contribution in [2.45, 2.75) is 104 Å². The Labute approximate surface area is 260 Å². The van der Waals surface area contributed by atoms with Crippen LogP contribution in [0.1, 0.15) is 85.4 Å². The standard InChI is InChI=1S/C25H35N5O3S3.C3H8.C2H6/c1-15-16(2)33-18(8-7-9-24(4,5)29-21(32)12-34)10-20(31)26-11-22-28-19(13-35-22)23-30-25(6,14-36-23)17(3)27-15;1-3-2;1-2/h7-8,13,15,18,27,34H,2-3,9-12,14H2,1,4-6H3,(H,26,31)(H,29,32);3H2,1-2H3;1-2H3/b8-7+;;/t15-,18?,25-;;/m0../s1. The molecule has 0 fully saturated rings. The normalized spacial score (nSPS) is 23.1. The predicted molar refractivity (Wildman–Crippen MR) is 179 cm³/mol. The maximum atomic E-state index is 12.8. The highest BCUT2D eigenvalue weighted by Crippen LogP contribution is 2.35. The first-order valence-corrected chi connectivity index (χ1v) is 16.7. The first-order valence-electron chi connectivity index (χ1n) is 14.2. The van der Waals surface area contributed by atoms with E-state index in [-0.39, 0.29) is 30.0 Å². The molecule has 1 aromatic rings. The first-order chi connectivity index (χ1) is 19.3. The number of hydrogen-bond donors (Lipinski definition) is 4. The molecule has 0 aromatic carbocycles. The predicted octanol–water partition coefficient (Wildman–Crippen LogP) is 6.02. The summed E-state index contributed by atoms with van der Waals surface area (Å²) in [6, 6.07) is -0.248. The van der Waals surface area contributed by atoms with Gasteiger partial charge in [-0.25, -0.2) is 4.98 Å². The van der Waals surface area contributed by atoms with E-state index in [1.54, 1.807) is 11.8 Å². The van der Waals surface area contributed by atoms with Gasteiger partial charge in [0.25, 0.3) is 0 Å². The minimum Gasteiger partial charge on any atom is -0.489 e. The largest absolute Gasteiger partial charge is 0.489 e. The number of rotatable bonds is 5. The Morgan fingerprint density at radius 1 is 1.34 bits per heavy atom. The summed E-state index contributed by atoms with van der Waals surface area (Å²) in [6.07, 6.45) is 5.15. The Bertz CT molecular complexity index is 1100. The maximum absolute atomic E-state index is 12.8. The van der Waals surface area contributed by atoms with Gasteiger partial charge in [0.2, 0.25) is 11.8 Å². The Balaban J connectivity index is 0.00000157. The van der Waals surface area contributed by atoms with Crippen molar-refractivity contribution in [2.75, 3.05) is 11.5 Å². The van der Waals surface area contributed by atoms with Crippen LogP contribution in [0.4, 0.5) is 0 Å². The first kappa shape index (κ1) is 36.8. The summed E-state index contributed by atoms with van der Waals surface area (Å²) in [4.78, 5) is 34.1. The third kappa shape index (κ3) is 12.3. The SMILES string of the molecule is C=C1OC(/C=C/CC(C)(C)NC(=O)CS)CC(=O)NCc2nc(cs2)C2=N[C@@](C)(CS2)C(=C)N[C@H]1C.CC.CCC. The van der Waals surface area contributed by atoms with Gasteiger partial charge < -0.3 is 20.7 Å². The van der Waals surface area contributed by atoms with Gasteiger partial charge in [0, 0.05) is 22.4 Å². The molecule has 3 N–H and O–H groups in total. The molecule has 1 aromatic heterocycles. The smallest absolute Gasteiger partial charge is 0.230 e. The highest BCUT2D eigenvalue weighted by Gasteiger charge is 2.36. The average molecular weight is 624 g/mol. The van der Waals surface area contributed by atoms with Gasteiger partial charge in [-0.1, -0.05) is 53.3 Å². The third-order valence-corrected chi connectivity index (χ3v) is 8.28. The summed E-state index contributed by atoms with van der Waals surface area (Å²) in [5.74, 6) is 1.08. The number of nitrogens with one attached hydrogen (secondary N) is 3. The molecular formula is C30H49N5O3S3. The highest BCUT2D eigenvalue weighted by molar-refractivity contribution is 8.14. The molecular weight excluding hydrogens is 575 g/mol. The fourth-order valence-corrected chi connectivity index (χ4v) is 5.68. The van der Waals surface area contributed by atoms with Crippen molar-refractivity contribution in [3.05, 3.63) is 52.8 Å². The number of thiazole rings is 1. The van der Waals surface area contributed by atoms with E-state index in [4.69, 9.17) is 9.73 Å². The number of thioether (sulfide) groups is 1. The van der Waals surface area contributed by atoms with Crippen molar-refractivity contribution < 1.29 is 14.3 Å². The number of carbonyl (C=O) groups excluding carboxylic acids is 2. The Morgan fingerprint density at radius 2 is 2.00 bits per heavy atom. The number of thiol groups is 1. The minimum absolute atomic E-state index is 0.116. The Kier molecular flexibility index (Phi) is 15.8. The molecule has 230 valence electrons. The maximum Gasteiger partial charge on any atom is 0.230 e. The highest BCUT2D eigenvalue weighted by atomic mass is 32.2. The summed E-state index contributed by atoms with van der Waals surface area (Å²) in [6.45, 7) is 24.8. The molecule has 2 amide bonds. The van der Waals surface area contributed by atoms with Crippen LogP contribution in [-0.2, 0) is 20.9 Å². The number of ether oxygens (including phenoxy) is 1. The summed E-state index contributed by atoms with van der Waals surface area (Å²) in [5, 5.41) is 12.9. The molecule has 1 unspecified atom stereocenters. The monoisotopic (exact) mass is 623 g/mol. The van der Waals surface area contributed by atoms with E-state index >= 15 is 0 Å². The van der Waals surface area contributed by atoms with Crippen molar-refractivity contribution in [3.63, 3.8) is 0 Å². The molecule has 0 spiro atoms. The van der Waals surface area contributed by atoms with E-state index in [2.05, 4.69) is 67.5 Å². The molecule has 8 nitrogen and oxygen atoms in total. The summed E-state index contributed by atoms with van der Waals surface area (Å²) < 4.78 is 6.14. The lowest BCUT2D eigenvalue weighted by Crippen LogP contribution is -2.43. The molecule has 0 radical (unpaired) electrons. The number of aromatic nitrogens is 1. The molecule has 3 rings (SSSR count). The second-order valence-electron chi connectivity index (χ2n) is 10.5. The molecule has 0 aliphatic carbocycles. The van der Waals surface area contributed by atoms with Gasteiger partial charge in [-0.15, -0.1) is 23.1 Å². The number of hydrogen-bond acceptors (Lipinski definition) is 9. The fraction of sp³-hybridized carbons (Fsp3) is 0.600. The Morgan fingerprint density at radius 3 is 2.63 bits per heavy atom. The Hall–Kier alpha value is -2.24. The molecule has 3 atom stereocenters. The average Bonchev–Trinajstić information content (AvgIpc) is 3.55. The van der Waals surface area contributed by atoms with Gasteiger partial charge in [-0.3, -0.25) is 14.6 Å². The fourth-order valence-electron chi connectivity index (χ4n) is 3.63. The number of carbonyl (C=O) groups is 2. The number of aliphatic imine (C=N–C) groups is 1. The van der Waals surface area contributed by atoms with Crippen LogP contribution in [0.15, 0.2) is 47.1 Å². The van der Waals surface area contributed by atoms with Crippen molar-refractivity contribution in [3.8, 4) is 0 Å². The minimum atomic E-state index is -0.534. The van der Waals surface area contributed by atoms with Crippen LogP contribution in [0.3, 0.4) is 0 Å². The van der Waals surface area contributed by atoms with Crippen LogP contribution < -0.4 is 16.0 Å². The van der Waals surface area contributed by atoms with Gasteiger partial charge in [0.05, 0.1) is 24.8 Å². The van der Waals surface area contributed by atoms with Crippen molar-refractivity contribution in [1.82, 2.24) is 20.9 Å². The van der Waals surface area contributed by atoms with E-state index in [1.165, 1.54) is 17.8 Å². The van der Waals surface area contributed by atoms with E-state index in [9.17, 15) is 9.59 Å². The van der Waals surface area contributed by atoms with Crippen molar-refractivity contribution >= 4 is 52.6 Å². The molecule has 2 aliphatic heterocycles. The van der Waals surface area contributed by atoms with Crippen LogP contribution in [-0.4, -0.2) is 56.6 Å². The van der Waals surface area contributed by atoms with Crippen LogP contribution in [0.5, 0.6) is 0 Å². The topological polar surface area (TPSA) is 105 Å². The molecule has 41 heavy (non-hydrogen) atoms. The molecule has 11 heteroatoms. The van der Waals surface area contributed by atoms with Crippen LogP contribution in [0, 0.1) is 0 Å². The van der Waals surface area contributed by atoms with Crippen LogP contribution in [0.2, 0.25) is 0 Å². The lowest BCUT2D eigenvalue weighted by Gasteiger charge is -2.29. The zero-order chi connectivity index (χ0) is 31.2. The van der Waals surface area contributed by atoms with Gasteiger partial charge in [-0.2, -0.15) is 12.6 Å². The van der Waals surface area contributed by atoms with E-state index in [0.717, 1.165) is 27.2 Å². The lowest BCUT2D eigenvalue weighted by molar-refractivity contribution is -0.123. The van der Waals surface area contributed by atoms with Gasteiger partial charge in [0.1, 0.15) is 33.1 Å². The third-order valence-electron chi connectivity index (χ3n) is 5.86. The molecule has 2 aliphatic rings. The molecule has 4 bridgehead atoms. The van der Waals surface area contributed by atoms with E-state index in [0.29, 0.717) is 18.7 Å². The van der Waals surface area contributed by atoms with Crippen LogP contribution >= 0.6 is 35.7 Å². The summed E-state index contributed by atoms with van der Waals surface area (Å²) >= 11 is 7.17. The summed E-state index contributed by atoms with van der Waals surface area (Å²) in [7, 11) is 0. The molecule has 0 saturated carbocycles. The van der Waals surface area contributed by atoms with E-state index < -0.39 is 17.2 Å². The molecule has 0 saturated heterocycles. The second-order valence-corrected chi connectivity index (χ2v) is 12.7. The van der Waals surface area contributed by atoms with Gasteiger partial charge in [-0.05, 0) is 40.2 Å². The zero-order valence-corrected chi connectivity index (χ0v) is 28.5. The van der Waals surface area contributed by atoms with E-state index in [1.807, 2.05) is 52.2 Å². The number of amides is 2. The second kappa shape index (κ2) is 17.7. The van der Waals surface area contributed by atoms with Crippen molar-refractivity contribution in [1.29, 1.82) is 0 Å². The van der Waals surface area contributed by atoms with Crippen molar-refractivity contribution in [2.24, 2.45) is 4.99 Å².